The van der Waals surface area contributed by atoms with E-state index in [1.165, 1.54) is 0 Å². The third-order valence-electron chi connectivity index (χ3n) is 3.24. The highest BCUT2D eigenvalue weighted by molar-refractivity contribution is 5.78. The van der Waals surface area contributed by atoms with Gasteiger partial charge in [-0.15, -0.1) is 0 Å². The molecule has 0 saturated carbocycles. The van der Waals surface area contributed by atoms with Crippen molar-refractivity contribution in [1.82, 2.24) is 9.80 Å². The van der Waals surface area contributed by atoms with Crippen LogP contribution in [0, 0.1) is 5.92 Å². The molecule has 94 valence electrons. The SMILES string of the molecule is CC[C@@H](O)CN1CCCC(C(=O)N(C)C)C1. The average molecular weight is 228 g/mol. The van der Waals surface area contributed by atoms with Gasteiger partial charge in [-0.3, -0.25) is 9.69 Å². The van der Waals surface area contributed by atoms with Crippen LogP contribution in [0.5, 0.6) is 0 Å². The second kappa shape index (κ2) is 6.21. The number of hydrogen-bond donors (Lipinski definition) is 1. The number of aliphatic hydroxyl groups excluding tert-OH is 1. The Hall–Kier alpha value is -0.610. The number of piperidine rings is 1. The van der Waals surface area contributed by atoms with Crippen LogP contribution in [-0.2, 0) is 4.79 Å². The summed E-state index contributed by atoms with van der Waals surface area (Å²) in [6.45, 7) is 4.49. The van der Waals surface area contributed by atoms with Crippen molar-refractivity contribution in [1.29, 1.82) is 0 Å². The topological polar surface area (TPSA) is 43.8 Å². The van der Waals surface area contributed by atoms with Crippen molar-refractivity contribution < 1.29 is 9.90 Å². The van der Waals surface area contributed by atoms with Crippen LogP contribution in [0.3, 0.4) is 0 Å². The number of hydrogen-bond acceptors (Lipinski definition) is 3. The van der Waals surface area contributed by atoms with E-state index in [1.807, 2.05) is 21.0 Å². The van der Waals surface area contributed by atoms with Crippen LogP contribution in [0.15, 0.2) is 0 Å². The summed E-state index contributed by atoms with van der Waals surface area (Å²) in [6, 6.07) is 0. The monoisotopic (exact) mass is 228 g/mol. The van der Waals surface area contributed by atoms with Crippen LogP contribution in [0.1, 0.15) is 26.2 Å². The molecule has 1 unspecified atom stereocenters. The molecule has 1 fully saturated rings. The van der Waals surface area contributed by atoms with Crippen LogP contribution < -0.4 is 0 Å². The highest BCUT2D eigenvalue weighted by Gasteiger charge is 2.27. The van der Waals surface area contributed by atoms with Gasteiger partial charge in [0.2, 0.25) is 5.91 Å². The van der Waals surface area contributed by atoms with E-state index in [0.29, 0.717) is 6.54 Å². The fourth-order valence-electron chi connectivity index (χ4n) is 2.22. The Balaban J connectivity index is 2.44. The van der Waals surface area contributed by atoms with Gasteiger partial charge >= 0.3 is 0 Å². The summed E-state index contributed by atoms with van der Waals surface area (Å²) < 4.78 is 0. The van der Waals surface area contributed by atoms with Crippen molar-refractivity contribution in [3.05, 3.63) is 0 Å². The Bertz CT molecular complexity index is 231. The Kier molecular flexibility index (Phi) is 5.22. The first-order valence-corrected chi connectivity index (χ1v) is 6.16. The molecular weight excluding hydrogens is 204 g/mol. The molecule has 1 aliphatic rings. The number of carbonyl (C=O) groups is 1. The smallest absolute Gasteiger partial charge is 0.226 e. The number of carbonyl (C=O) groups excluding carboxylic acids is 1. The Morgan fingerprint density at radius 1 is 1.56 bits per heavy atom. The van der Waals surface area contributed by atoms with E-state index in [0.717, 1.165) is 32.4 Å². The highest BCUT2D eigenvalue weighted by atomic mass is 16.3. The summed E-state index contributed by atoms with van der Waals surface area (Å²) in [5.74, 6) is 0.337. The highest BCUT2D eigenvalue weighted by Crippen LogP contribution is 2.18. The van der Waals surface area contributed by atoms with Gasteiger partial charge in [-0.1, -0.05) is 6.92 Å². The molecular formula is C12H24N2O2. The normalized spacial score (nSPS) is 24.1. The number of likely N-dealkylation sites (tertiary alicyclic amines) is 1. The number of aliphatic hydroxyl groups is 1. The molecule has 1 aliphatic heterocycles. The van der Waals surface area contributed by atoms with Crippen LogP contribution in [0.25, 0.3) is 0 Å². The van der Waals surface area contributed by atoms with E-state index in [4.69, 9.17) is 0 Å². The van der Waals surface area contributed by atoms with E-state index in [2.05, 4.69) is 4.90 Å². The maximum absolute atomic E-state index is 11.8. The number of rotatable bonds is 4. The summed E-state index contributed by atoms with van der Waals surface area (Å²) >= 11 is 0. The molecule has 1 rings (SSSR count). The lowest BCUT2D eigenvalue weighted by atomic mass is 9.96. The van der Waals surface area contributed by atoms with E-state index in [-0.39, 0.29) is 17.9 Å². The maximum Gasteiger partial charge on any atom is 0.226 e. The van der Waals surface area contributed by atoms with Crippen LogP contribution >= 0.6 is 0 Å². The molecule has 4 heteroatoms. The first kappa shape index (κ1) is 13.5. The number of β-amino-alcohol motifs (C(OH)–C–C–N with tert-alkyl or cyclic N) is 1. The molecule has 0 spiro atoms. The van der Waals surface area contributed by atoms with Gasteiger partial charge in [0.1, 0.15) is 0 Å². The molecule has 0 aromatic carbocycles. The van der Waals surface area contributed by atoms with Gasteiger partial charge in [-0.05, 0) is 25.8 Å². The second-order valence-electron chi connectivity index (χ2n) is 4.89. The minimum atomic E-state index is -0.256. The summed E-state index contributed by atoms with van der Waals surface area (Å²) in [7, 11) is 3.62. The molecule has 0 bridgehead atoms. The minimum Gasteiger partial charge on any atom is -0.392 e. The van der Waals surface area contributed by atoms with Crippen LogP contribution in [-0.4, -0.2) is 60.6 Å². The predicted octanol–water partition coefficient (Wildman–Crippen LogP) is 0.557. The number of nitrogens with zero attached hydrogens (tertiary/aromatic N) is 2. The molecule has 4 nitrogen and oxygen atoms in total. The van der Waals surface area contributed by atoms with E-state index in [1.54, 1.807) is 4.90 Å². The third-order valence-corrected chi connectivity index (χ3v) is 3.24. The fourth-order valence-corrected chi connectivity index (χ4v) is 2.22. The lowest BCUT2D eigenvalue weighted by Gasteiger charge is -2.34. The van der Waals surface area contributed by atoms with Gasteiger partial charge in [0.25, 0.3) is 0 Å². The van der Waals surface area contributed by atoms with Crippen molar-refractivity contribution in [3.63, 3.8) is 0 Å². The quantitative estimate of drug-likeness (QED) is 0.764. The van der Waals surface area contributed by atoms with Gasteiger partial charge < -0.3 is 10.0 Å². The minimum absolute atomic E-state index is 0.118. The first-order valence-electron chi connectivity index (χ1n) is 6.16. The fraction of sp³-hybridized carbons (Fsp3) is 0.917. The van der Waals surface area contributed by atoms with Crippen molar-refractivity contribution in [2.24, 2.45) is 5.92 Å². The predicted molar refractivity (Wildman–Crippen MR) is 64.2 cm³/mol. The average Bonchev–Trinajstić information content (AvgIpc) is 2.28. The molecule has 16 heavy (non-hydrogen) atoms. The summed E-state index contributed by atoms with van der Waals surface area (Å²) in [6.07, 6.45) is 2.56. The summed E-state index contributed by atoms with van der Waals surface area (Å²) in [5.41, 5.74) is 0. The maximum atomic E-state index is 11.8. The first-order chi connectivity index (χ1) is 7.54. The van der Waals surface area contributed by atoms with Gasteiger partial charge in [0.05, 0.1) is 12.0 Å². The molecule has 0 aliphatic carbocycles. The van der Waals surface area contributed by atoms with E-state index in [9.17, 15) is 9.90 Å². The summed E-state index contributed by atoms with van der Waals surface area (Å²) in [5, 5.41) is 9.61. The van der Waals surface area contributed by atoms with Crippen LogP contribution in [0.4, 0.5) is 0 Å². The van der Waals surface area contributed by atoms with Crippen molar-refractivity contribution in [3.8, 4) is 0 Å². The standard InChI is InChI=1S/C12H24N2O2/c1-4-11(15)9-14-7-5-6-10(8-14)12(16)13(2)3/h10-11,15H,4-9H2,1-3H3/t10?,11-/m1/s1. The Labute approximate surface area is 98.2 Å². The zero-order valence-corrected chi connectivity index (χ0v) is 10.6. The molecule has 1 heterocycles. The second-order valence-corrected chi connectivity index (χ2v) is 4.89. The molecule has 2 atom stereocenters. The van der Waals surface area contributed by atoms with Crippen molar-refractivity contribution in [2.45, 2.75) is 32.3 Å². The largest absolute Gasteiger partial charge is 0.392 e. The van der Waals surface area contributed by atoms with Crippen molar-refractivity contribution >= 4 is 5.91 Å². The Morgan fingerprint density at radius 2 is 2.25 bits per heavy atom. The zero-order chi connectivity index (χ0) is 12.1. The van der Waals surface area contributed by atoms with Crippen LogP contribution in [0.2, 0.25) is 0 Å². The molecule has 0 radical (unpaired) electrons. The lowest BCUT2D eigenvalue weighted by molar-refractivity contribution is -0.134. The molecule has 0 aromatic heterocycles. The third kappa shape index (κ3) is 3.76. The van der Waals surface area contributed by atoms with Gasteiger partial charge in [0, 0.05) is 27.2 Å². The van der Waals surface area contributed by atoms with E-state index < -0.39 is 0 Å². The van der Waals surface area contributed by atoms with Gasteiger partial charge in [-0.25, -0.2) is 0 Å². The summed E-state index contributed by atoms with van der Waals surface area (Å²) in [4.78, 5) is 15.7. The van der Waals surface area contributed by atoms with E-state index >= 15 is 0 Å². The van der Waals surface area contributed by atoms with Gasteiger partial charge in [-0.2, -0.15) is 0 Å². The van der Waals surface area contributed by atoms with Gasteiger partial charge in [0.15, 0.2) is 0 Å². The zero-order valence-electron chi connectivity index (χ0n) is 10.6. The molecule has 1 N–H and O–H groups in total. The molecule has 1 saturated heterocycles. The Morgan fingerprint density at radius 3 is 2.81 bits per heavy atom. The molecule has 1 amide bonds. The van der Waals surface area contributed by atoms with Crippen molar-refractivity contribution in [2.75, 3.05) is 33.7 Å². The molecule has 0 aromatic rings. The lowest BCUT2D eigenvalue weighted by Crippen LogP contribution is -2.45. The number of amides is 1.